The number of para-hydroxylation sites is 2. The Labute approximate surface area is 262 Å². The van der Waals surface area contributed by atoms with Crippen LogP contribution < -0.4 is 20.9 Å². The van der Waals surface area contributed by atoms with Gasteiger partial charge in [-0.15, -0.1) is 10.2 Å². The minimum absolute atomic E-state index is 0.0657. The van der Waals surface area contributed by atoms with Gasteiger partial charge in [-0.25, -0.2) is 4.79 Å². The molecule has 11 heteroatoms. The van der Waals surface area contributed by atoms with Gasteiger partial charge in [0.15, 0.2) is 5.82 Å². The number of carbonyl (C=O) groups is 2. The van der Waals surface area contributed by atoms with Gasteiger partial charge in [0.1, 0.15) is 18.4 Å². The second kappa shape index (κ2) is 13.5. The van der Waals surface area contributed by atoms with E-state index in [0.717, 1.165) is 11.3 Å². The number of aromatic hydroxyl groups is 1. The second-order valence-corrected chi connectivity index (χ2v) is 11.3. The molecule has 4 aromatic rings. The number of nitrogen functional groups attached to an aromatic ring is 1. The minimum atomic E-state index is -0.504. The van der Waals surface area contributed by atoms with Crippen LogP contribution in [0, 0.1) is 0 Å². The SMILES string of the molecule is Nc1nnc(-c2ccccc2O)cc1N1CCN(c2ccccc2)C(C(=O)NC2CCN(C(=O)OCc3ccccc3)CC2)C1. The molecule has 1 aromatic heterocycles. The summed E-state index contributed by atoms with van der Waals surface area (Å²) in [6, 6.07) is 27.7. The summed E-state index contributed by atoms with van der Waals surface area (Å²) >= 11 is 0. The maximum absolute atomic E-state index is 13.9. The summed E-state index contributed by atoms with van der Waals surface area (Å²) in [5.74, 6) is 0.271. The molecule has 0 spiro atoms. The summed E-state index contributed by atoms with van der Waals surface area (Å²) < 4.78 is 5.50. The van der Waals surface area contributed by atoms with Crippen LogP contribution in [0.15, 0.2) is 91.0 Å². The summed E-state index contributed by atoms with van der Waals surface area (Å²) in [5.41, 5.74) is 9.93. The number of rotatable bonds is 7. The van der Waals surface area contributed by atoms with Crippen molar-refractivity contribution in [1.29, 1.82) is 0 Å². The van der Waals surface area contributed by atoms with Crippen molar-refractivity contribution in [3.63, 3.8) is 0 Å². The standard InChI is InChI=1S/C34H37N7O4/c35-32-29(21-28(37-38-32)27-13-7-8-14-31(27)42)40-19-20-41(26-11-5-2-6-12-26)30(22-40)33(43)36-25-15-17-39(18-16-25)34(44)45-23-24-9-3-1-4-10-24/h1-14,21,25,30,42H,15-20,22-23H2,(H2,35,38)(H,36,43). The highest BCUT2D eigenvalue weighted by atomic mass is 16.6. The molecule has 232 valence electrons. The van der Waals surface area contributed by atoms with Crippen molar-refractivity contribution in [3.05, 3.63) is 96.6 Å². The van der Waals surface area contributed by atoms with Gasteiger partial charge >= 0.3 is 6.09 Å². The Balaban J connectivity index is 1.13. The lowest BCUT2D eigenvalue weighted by Gasteiger charge is -2.43. The van der Waals surface area contributed by atoms with Crippen molar-refractivity contribution in [2.75, 3.05) is 48.3 Å². The molecule has 45 heavy (non-hydrogen) atoms. The third-order valence-electron chi connectivity index (χ3n) is 8.40. The number of carbonyl (C=O) groups excluding carboxylic acids is 2. The smallest absolute Gasteiger partial charge is 0.410 e. The normalized spacial score (nSPS) is 17.2. The fourth-order valence-electron chi connectivity index (χ4n) is 5.94. The molecule has 6 rings (SSSR count). The predicted octanol–water partition coefficient (Wildman–Crippen LogP) is 4.04. The van der Waals surface area contributed by atoms with Crippen LogP contribution in [0.1, 0.15) is 18.4 Å². The lowest BCUT2D eigenvalue weighted by atomic mass is 10.0. The molecule has 11 nitrogen and oxygen atoms in total. The first-order valence-corrected chi connectivity index (χ1v) is 15.2. The van der Waals surface area contributed by atoms with E-state index >= 15 is 0 Å². The van der Waals surface area contributed by atoms with Crippen LogP contribution in [0.4, 0.5) is 22.0 Å². The van der Waals surface area contributed by atoms with Crippen LogP contribution in [-0.4, -0.2) is 77.0 Å². The number of nitrogens with two attached hydrogens (primary N) is 1. The van der Waals surface area contributed by atoms with E-state index in [1.807, 2.05) is 72.8 Å². The Hall–Kier alpha value is -5.32. The number of aromatic nitrogens is 2. The molecule has 2 aliphatic rings. The number of nitrogens with one attached hydrogen (secondary N) is 1. The third kappa shape index (κ3) is 6.93. The second-order valence-electron chi connectivity index (χ2n) is 11.3. The first-order valence-electron chi connectivity index (χ1n) is 15.2. The van der Waals surface area contributed by atoms with Crippen molar-refractivity contribution < 1.29 is 19.4 Å². The van der Waals surface area contributed by atoms with E-state index in [0.29, 0.717) is 62.5 Å². The molecule has 3 aromatic carbocycles. The monoisotopic (exact) mass is 607 g/mol. The summed E-state index contributed by atoms with van der Waals surface area (Å²) in [4.78, 5) is 32.5. The average molecular weight is 608 g/mol. The zero-order valence-corrected chi connectivity index (χ0v) is 25.0. The number of amides is 2. The van der Waals surface area contributed by atoms with Crippen molar-refractivity contribution >= 4 is 29.2 Å². The number of hydrogen-bond acceptors (Lipinski definition) is 9. The van der Waals surface area contributed by atoms with Crippen molar-refractivity contribution in [3.8, 4) is 17.0 Å². The van der Waals surface area contributed by atoms with E-state index in [9.17, 15) is 14.7 Å². The Morgan fingerprint density at radius 2 is 1.58 bits per heavy atom. The van der Waals surface area contributed by atoms with E-state index < -0.39 is 6.04 Å². The fourth-order valence-corrected chi connectivity index (χ4v) is 5.94. The summed E-state index contributed by atoms with van der Waals surface area (Å²) in [7, 11) is 0. The predicted molar refractivity (Wildman–Crippen MR) is 173 cm³/mol. The molecule has 1 unspecified atom stereocenters. The van der Waals surface area contributed by atoms with E-state index in [4.69, 9.17) is 10.5 Å². The number of anilines is 3. The summed E-state index contributed by atoms with van der Waals surface area (Å²) in [6.07, 6.45) is 0.937. The van der Waals surface area contributed by atoms with Gasteiger partial charge in [0, 0.05) is 50.0 Å². The molecule has 2 saturated heterocycles. The van der Waals surface area contributed by atoms with Gasteiger partial charge in [-0.3, -0.25) is 4.79 Å². The van der Waals surface area contributed by atoms with Crippen LogP contribution >= 0.6 is 0 Å². The topological polar surface area (TPSA) is 137 Å². The quantitative estimate of drug-likeness (QED) is 0.284. The summed E-state index contributed by atoms with van der Waals surface area (Å²) in [5, 5.41) is 22.0. The van der Waals surface area contributed by atoms with Crippen LogP contribution in [0.2, 0.25) is 0 Å². The highest BCUT2D eigenvalue weighted by Crippen LogP contribution is 2.33. The average Bonchev–Trinajstić information content (AvgIpc) is 3.08. The zero-order chi connectivity index (χ0) is 31.2. The maximum Gasteiger partial charge on any atom is 0.410 e. The van der Waals surface area contributed by atoms with Crippen LogP contribution in [-0.2, 0) is 16.1 Å². The number of piperazine rings is 1. The largest absolute Gasteiger partial charge is 0.507 e. The molecular weight excluding hydrogens is 570 g/mol. The van der Waals surface area contributed by atoms with Crippen LogP contribution in [0.25, 0.3) is 11.3 Å². The molecule has 0 bridgehead atoms. The van der Waals surface area contributed by atoms with Gasteiger partial charge in [0.25, 0.3) is 0 Å². The van der Waals surface area contributed by atoms with E-state index in [-0.39, 0.29) is 36.2 Å². The number of benzene rings is 3. The molecule has 0 radical (unpaired) electrons. The maximum atomic E-state index is 13.9. The van der Waals surface area contributed by atoms with Gasteiger partial charge in [0.05, 0.1) is 11.4 Å². The molecule has 2 fully saturated rings. The molecule has 0 saturated carbocycles. The molecule has 1 atom stereocenters. The van der Waals surface area contributed by atoms with Gasteiger partial charge in [0.2, 0.25) is 5.91 Å². The highest BCUT2D eigenvalue weighted by Gasteiger charge is 2.35. The van der Waals surface area contributed by atoms with Crippen molar-refractivity contribution in [2.24, 2.45) is 0 Å². The minimum Gasteiger partial charge on any atom is -0.507 e. The van der Waals surface area contributed by atoms with Gasteiger partial charge in [-0.1, -0.05) is 60.7 Å². The van der Waals surface area contributed by atoms with E-state index in [2.05, 4.69) is 25.3 Å². The highest BCUT2D eigenvalue weighted by molar-refractivity contribution is 5.87. The number of hydrogen-bond donors (Lipinski definition) is 3. The molecule has 2 aliphatic heterocycles. The summed E-state index contributed by atoms with van der Waals surface area (Å²) in [6.45, 7) is 2.81. The van der Waals surface area contributed by atoms with E-state index in [1.54, 1.807) is 23.1 Å². The van der Waals surface area contributed by atoms with Gasteiger partial charge < -0.3 is 35.6 Å². The molecular formula is C34H37N7O4. The molecule has 2 amide bonds. The van der Waals surface area contributed by atoms with Gasteiger partial charge in [-0.05, 0) is 48.7 Å². The Morgan fingerprint density at radius 1 is 0.889 bits per heavy atom. The Kier molecular flexibility index (Phi) is 8.95. The van der Waals surface area contributed by atoms with Crippen LogP contribution in [0.5, 0.6) is 5.75 Å². The molecule has 4 N–H and O–H groups in total. The van der Waals surface area contributed by atoms with Gasteiger partial charge in [-0.2, -0.15) is 0 Å². The molecule has 3 heterocycles. The number of ether oxygens (including phenoxy) is 1. The fraction of sp³-hybridized carbons (Fsp3) is 0.294. The third-order valence-corrected chi connectivity index (χ3v) is 8.40. The zero-order valence-electron chi connectivity index (χ0n) is 25.0. The van der Waals surface area contributed by atoms with E-state index in [1.165, 1.54) is 0 Å². The number of phenols is 1. The number of piperidine rings is 1. The number of likely N-dealkylation sites (tertiary alicyclic amines) is 1. The van der Waals surface area contributed by atoms with Crippen molar-refractivity contribution in [2.45, 2.75) is 31.5 Å². The van der Waals surface area contributed by atoms with Crippen LogP contribution in [0.3, 0.4) is 0 Å². The Morgan fingerprint density at radius 3 is 2.31 bits per heavy atom. The lowest BCUT2D eigenvalue weighted by Crippen LogP contribution is -2.61. The number of phenolic OH excluding ortho intramolecular Hbond substituents is 1. The van der Waals surface area contributed by atoms with Crippen molar-refractivity contribution in [1.82, 2.24) is 20.4 Å². The molecule has 0 aliphatic carbocycles. The first kappa shape index (κ1) is 29.7. The Bertz CT molecular complexity index is 1610. The number of nitrogens with zero attached hydrogens (tertiary/aromatic N) is 5. The first-order chi connectivity index (χ1) is 22.0. The lowest BCUT2D eigenvalue weighted by molar-refractivity contribution is -0.123.